The molecule has 1 amide bonds. The number of aromatic carboxylic acids is 1. The van der Waals surface area contributed by atoms with Crippen LogP contribution in [-0.4, -0.2) is 22.0 Å². The lowest BCUT2D eigenvalue weighted by atomic mass is 10.0. The molecule has 2 aromatic rings. The van der Waals surface area contributed by atoms with E-state index in [1.807, 2.05) is 30.3 Å². The number of nitrogens with one attached hydrogen (secondary N) is 1. The van der Waals surface area contributed by atoms with Crippen LogP contribution in [0.1, 0.15) is 28.8 Å². The first-order chi connectivity index (χ1) is 9.58. The Kier molecular flexibility index (Phi) is 4.10. The van der Waals surface area contributed by atoms with Gasteiger partial charge in [-0.2, -0.15) is 0 Å². The Balaban J connectivity index is 2.12. The van der Waals surface area contributed by atoms with Crippen molar-refractivity contribution in [3.8, 4) is 0 Å². The number of amides is 1. The normalized spacial score (nSPS) is 11.7. The van der Waals surface area contributed by atoms with Crippen molar-refractivity contribution in [3.63, 3.8) is 0 Å². The third-order valence-electron chi connectivity index (χ3n) is 2.95. The van der Waals surface area contributed by atoms with Gasteiger partial charge in [-0.05, 0) is 24.6 Å². The molecule has 0 radical (unpaired) electrons. The molecule has 0 aliphatic carbocycles. The second kappa shape index (κ2) is 5.97. The van der Waals surface area contributed by atoms with Crippen LogP contribution in [0.4, 0.5) is 5.82 Å². The van der Waals surface area contributed by atoms with Crippen LogP contribution < -0.4 is 5.32 Å². The summed E-state index contributed by atoms with van der Waals surface area (Å²) < 4.78 is 0. The number of hydrogen-bond acceptors (Lipinski definition) is 3. The van der Waals surface area contributed by atoms with Crippen molar-refractivity contribution < 1.29 is 14.7 Å². The molecule has 0 fully saturated rings. The first-order valence-electron chi connectivity index (χ1n) is 6.13. The molecule has 2 N–H and O–H groups in total. The molecule has 1 atom stereocenters. The summed E-state index contributed by atoms with van der Waals surface area (Å²) in [4.78, 5) is 26.9. The van der Waals surface area contributed by atoms with E-state index in [1.54, 1.807) is 6.92 Å². The minimum Gasteiger partial charge on any atom is -0.478 e. The molecule has 0 bridgehead atoms. The first kappa shape index (κ1) is 13.7. The highest BCUT2D eigenvalue weighted by atomic mass is 16.4. The van der Waals surface area contributed by atoms with Crippen LogP contribution in [-0.2, 0) is 4.79 Å². The topological polar surface area (TPSA) is 79.3 Å². The van der Waals surface area contributed by atoms with Crippen LogP contribution in [0.15, 0.2) is 48.7 Å². The highest BCUT2D eigenvalue weighted by Gasteiger charge is 2.16. The number of pyridine rings is 1. The number of carbonyl (C=O) groups excluding carboxylic acids is 1. The van der Waals surface area contributed by atoms with Gasteiger partial charge in [0.25, 0.3) is 0 Å². The van der Waals surface area contributed by atoms with Crippen LogP contribution in [0, 0.1) is 0 Å². The van der Waals surface area contributed by atoms with Gasteiger partial charge in [0, 0.05) is 6.20 Å². The molecule has 1 heterocycles. The zero-order valence-electron chi connectivity index (χ0n) is 10.9. The van der Waals surface area contributed by atoms with Crippen molar-refractivity contribution in [3.05, 3.63) is 59.8 Å². The average molecular weight is 270 g/mol. The number of carboxylic acids is 1. The van der Waals surface area contributed by atoms with Gasteiger partial charge in [0.15, 0.2) is 0 Å². The lowest BCUT2D eigenvalue weighted by molar-refractivity contribution is -0.117. The van der Waals surface area contributed by atoms with E-state index >= 15 is 0 Å². The zero-order chi connectivity index (χ0) is 14.5. The Morgan fingerprint density at radius 2 is 1.90 bits per heavy atom. The number of rotatable bonds is 4. The van der Waals surface area contributed by atoms with Crippen molar-refractivity contribution in [1.29, 1.82) is 0 Å². The van der Waals surface area contributed by atoms with Crippen LogP contribution >= 0.6 is 0 Å². The maximum Gasteiger partial charge on any atom is 0.335 e. The molecule has 20 heavy (non-hydrogen) atoms. The maximum absolute atomic E-state index is 12.1. The molecule has 0 aliphatic rings. The SMILES string of the molecule is CC(C(=O)Nc1cc(C(=O)O)ccn1)c1ccccc1. The third-order valence-corrected chi connectivity index (χ3v) is 2.95. The highest BCUT2D eigenvalue weighted by molar-refractivity contribution is 5.96. The third kappa shape index (κ3) is 3.20. The summed E-state index contributed by atoms with van der Waals surface area (Å²) in [6.07, 6.45) is 1.35. The van der Waals surface area contributed by atoms with Gasteiger partial charge in [-0.1, -0.05) is 30.3 Å². The van der Waals surface area contributed by atoms with Gasteiger partial charge in [0.1, 0.15) is 5.82 Å². The Morgan fingerprint density at radius 1 is 1.20 bits per heavy atom. The van der Waals surface area contributed by atoms with Gasteiger partial charge in [-0.25, -0.2) is 9.78 Å². The average Bonchev–Trinajstić information content (AvgIpc) is 2.47. The molecule has 0 saturated carbocycles. The van der Waals surface area contributed by atoms with E-state index in [2.05, 4.69) is 10.3 Å². The van der Waals surface area contributed by atoms with Crippen molar-refractivity contribution >= 4 is 17.7 Å². The molecule has 1 unspecified atom stereocenters. The van der Waals surface area contributed by atoms with E-state index in [9.17, 15) is 9.59 Å². The molecule has 0 aliphatic heterocycles. The van der Waals surface area contributed by atoms with Gasteiger partial charge in [-0.3, -0.25) is 4.79 Å². The van der Waals surface area contributed by atoms with Crippen molar-refractivity contribution in [1.82, 2.24) is 4.98 Å². The van der Waals surface area contributed by atoms with Gasteiger partial charge < -0.3 is 10.4 Å². The summed E-state index contributed by atoms with van der Waals surface area (Å²) in [5, 5.41) is 11.5. The molecule has 5 nitrogen and oxygen atoms in total. The summed E-state index contributed by atoms with van der Waals surface area (Å²) >= 11 is 0. The fourth-order valence-corrected chi connectivity index (χ4v) is 1.76. The molecule has 2 rings (SSSR count). The van der Waals surface area contributed by atoms with Crippen molar-refractivity contribution in [2.75, 3.05) is 5.32 Å². The maximum atomic E-state index is 12.1. The van der Waals surface area contributed by atoms with Crippen molar-refractivity contribution in [2.24, 2.45) is 0 Å². The lowest BCUT2D eigenvalue weighted by Gasteiger charge is -2.12. The first-order valence-corrected chi connectivity index (χ1v) is 6.13. The second-order valence-corrected chi connectivity index (χ2v) is 4.36. The predicted octanol–water partition coefficient (Wildman–Crippen LogP) is 2.52. The minimum absolute atomic E-state index is 0.0858. The van der Waals surface area contributed by atoms with E-state index in [-0.39, 0.29) is 23.2 Å². The quantitative estimate of drug-likeness (QED) is 0.894. The smallest absolute Gasteiger partial charge is 0.335 e. The van der Waals surface area contributed by atoms with Gasteiger partial charge in [-0.15, -0.1) is 0 Å². The van der Waals surface area contributed by atoms with E-state index in [0.717, 1.165) is 5.56 Å². The molecule has 1 aromatic carbocycles. The van der Waals surface area contributed by atoms with Gasteiger partial charge in [0.2, 0.25) is 5.91 Å². The molecule has 0 spiro atoms. The highest BCUT2D eigenvalue weighted by Crippen LogP contribution is 2.17. The Morgan fingerprint density at radius 3 is 2.55 bits per heavy atom. The largest absolute Gasteiger partial charge is 0.478 e. The summed E-state index contributed by atoms with van der Waals surface area (Å²) in [6, 6.07) is 12.0. The van der Waals surface area contributed by atoms with Crippen LogP contribution in [0.5, 0.6) is 0 Å². The summed E-state index contributed by atoms with van der Waals surface area (Å²) in [7, 11) is 0. The number of benzene rings is 1. The fraction of sp³-hybridized carbons (Fsp3) is 0.133. The van der Waals surface area contributed by atoms with E-state index < -0.39 is 5.97 Å². The molecule has 102 valence electrons. The fourth-order valence-electron chi connectivity index (χ4n) is 1.76. The molecule has 1 aromatic heterocycles. The van der Waals surface area contributed by atoms with Gasteiger partial charge >= 0.3 is 5.97 Å². The monoisotopic (exact) mass is 270 g/mol. The van der Waals surface area contributed by atoms with Crippen LogP contribution in [0.25, 0.3) is 0 Å². The van der Waals surface area contributed by atoms with E-state index in [0.29, 0.717) is 0 Å². The van der Waals surface area contributed by atoms with E-state index in [1.165, 1.54) is 18.3 Å². The standard InChI is InChI=1S/C15H14N2O3/c1-10(11-5-3-2-4-6-11)14(18)17-13-9-12(15(19)20)7-8-16-13/h2-10H,1H3,(H,19,20)(H,16,17,18). The number of carboxylic acid groups (broad SMARTS) is 1. The number of aromatic nitrogens is 1. The molecular weight excluding hydrogens is 256 g/mol. The summed E-state index contributed by atoms with van der Waals surface area (Å²) in [6.45, 7) is 1.78. The molecule has 5 heteroatoms. The molecule has 0 saturated heterocycles. The second-order valence-electron chi connectivity index (χ2n) is 4.36. The van der Waals surface area contributed by atoms with Gasteiger partial charge in [0.05, 0.1) is 11.5 Å². The summed E-state index contributed by atoms with van der Waals surface area (Å²) in [5.74, 6) is -1.39. The Labute approximate surface area is 116 Å². The van der Waals surface area contributed by atoms with Crippen molar-refractivity contribution in [2.45, 2.75) is 12.8 Å². The van der Waals surface area contributed by atoms with Crippen LogP contribution in [0.3, 0.4) is 0 Å². The number of nitrogens with zero attached hydrogens (tertiary/aromatic N) is 1. The predicted molar refractivity (Wildman–Crippen MR) is 74.7 cm³/mol. The Hall–Kier alpha value is -2.69. The minimum atomic E-state index is -1.06. The van der Waals surface area contributed by atoms with Crippen LogP contribution in [0.2, 0.25) is 0 Å². The number of carbonyl (C=O) groups is 2. The zero-order valence-corrected chi connectivity index (χ0v) is 10.9. The van der Waals surface area contributed by atoms with E-state index in [4.69, 9.17) is 5.11 Å². The Bertz CT molecular complexity index is 626. The number of anilines is 1. The summed E-state index contributed by atoms with van der Waals surface area (Å²) in [5.41, 5.74) is 0.974. The lowest BCUT2D eigenvalue weighted by Crippen LogP contribution is -2.19. The number of hydrogen-bond donors (Lipinski definition) is 2. The molecular formula is C15H14N2O3.